The number of halogens is 1. The summed E-state index contributed by atoms with van der Waals surface area (Å²) < 4.78 is 2.00. The van der Waals surface area contributed by atoms with Crippen molar-refractivity contribution in [1.82, 2.24) is 0 Å². The summed E-state index contributed by atoms with van der Waals surface area (Å²) in [5, 5.41) is 9.27. The summed E-state index contributed by atoms with van der Waals surface area (Å²) in [4.78, 5) is 0. The van der Waals surface area contributed by atoms with E-state index in [2.05, 4.69) is 28.7 Å². The molecule has 1 rings (SSSR count). The maximum atomic E-state index is 9.27. The highest BCUT2D eigenvalue weighted by Gasteiger charge is 2.21. The van der Waals surface area contributed by atoms with E-state index in [1.165, 1.54) is 12.8 Å². The van der Waals surface area contributed by atoms with Crippen LogP contribution in [0.25, 0.3) is 0 Å². The second-order valence-corrected chi connectivity index (χ2v) is 3.20. The first-order valence-corrected chi connectivity index (χ1v) is 4.54. The molecule has 52 valence electrons. The second-order valence-electron chi connectivity index (χ2n) is 2.48. The minimum Gasteiger partial charge on any atom is -0.393 e. The molecule has 1 nitrogen and oxygen atoms in total. The van der Waals surface area contributed by atoms with E-state index in [0.29, 0.717) is 5.92 Å². The third-order valence-corrected chi connectivity index (χ3v) is 2.27. The van der Waals surface area contributed by atoms with Crippen molar-refractivity contribution in [2.75, 3.05) is 0 Å². The lowest BCUT2D eigenvalue weighted by atomic mass is 10.1. The van der Waals surface area contributed by atoms with Gasteiger partial charge in [0.25, 0.3) is 0 Å². The lowest BCUT2D eigenvalue weighted by molar-refractivity contribution is 0.153. The van der Waals surface area contributed by atoms with E-state index in [0.717, 1.165) is 6.42 Å². The monoisotopic (exact) mass is 238 g/mol. The van der Waals surface area contributed by atoms with Crippen molar-refractivity contribution < 1.29 is 5.11 Å². The molecule has 0 radical (unpaired) electrons. The molecule has 1 aliphatic rings. The number of rotatable bonds is 1. The highest BCUT2D eigenvalue weighted by molar-refractivity contribution is 14.1. The van der Waals surface area contributed by atoms with Crippen LogP contribution < -0.4 is 0 Å². The first-order valence-electron chi connectivity index (χ1n) is 3.29. The summed E-state index contributed by atoms with van der Waals surface area (Å²) >= 11 is 2.20. The Balaban J connectivity index is 2.39. The van der Waals surface area contributed by atoms with Crippen LogP contribution in [0, 0.1) is 5.92 Å². The van der Waals surface area contributed by atoms with Gasteiger partial charge in [0, 0.05) is 5.92 Å². The minimum absolute atomic E-state index is 0.0592. The number of aliphatic hydroxyl groups excluding tert-OH is 1. The quantitative estimate of drug-likeness (QED) is 0.693. The molecular formula is C7H11IO. The maximum absolute atomic E-state index is 9.27. The SMILES string of the molecule is O[C@H]1CCC[C@@H]1/C=C/I. The predicted molar refractivity (Wildman–Crippen MR) is 46.5 cm³/mol. The Morgan fingerprint density at radius 1 is 1.44 bits per heavy atom. The zero-order valence-electron chi connectivity index (χ0n) is 5.26. The van der Waals surface area contributed by atoms with Crippen molar-refractivity contribution in [2.24, 2.45) is 5.92 Å². The van der Waals surface area contributed by atoms with Gasteiger partial charge in [-0.1, -0.05) is 35.1 Å². The molecule has 1 fully saturated rings. The molecule has 0 saturated heterocycles. The Kier molecular flexibility index (Phi) is 2.98. The van der Waals surface area contributed by atoms with Crippen LogP contribution in [0.4, 0.5) is 0 Å². The Labute approximate surface area is 69.3 Å². The molecule has 9 heavy (non-hydrogen) atoms. The topological polar surface area (TPSA) is 20.2 Å². The van der Waals surface area contributed by atoms with Gasteiger partial charge in [-0.15, -0.1) is 0 Å². The summed E-state index contributed by atoms with van der Waals surface area (Å²) in [6, 6.07) is 0. The van der Waals surface area contributed by atoms with Gasteiger partial charge in [0.1, 0.15) is 0 Å². The summed E-state index contributed by atoms with van der Waals surface area (Å²) in [6.07, 6.45) is 5.38. The van der Waals surface area contributed by atoms with Crippen molar-refractivity contribution in [2.45, 2.75) is 25.4 Å². The fraction of sp³-hybridized carbons (Fsp3) is 0.714. The molecule has 1 N–H and O–H groups in total. The summed E-state index contributed by atoms with van der Waals surface area (Å²) in [7, 11) is 0. The van der Waals surface area contributed by atoms with Crippen LogP contribution in [0.15, 0.2) is 10.2 Å². The third kappa shape index (κ3) is 1.93. The van der Waals surface area contributed by atoms with E-state index >= 15 is 0 Å². The number of aliphatic hydroxyl groups is 1. The third-order valence-electron chi connectivity index (χ3n) is 1.85. The first kappa shape index (κ1) is 7.54. The Bertz CT molecular complexity index is 111. The first-order chi connectivity index (χ1) is 4.34. The fourth-order valence-electron chi connectivity index (χ4n) is 1.29. The maximum Gasteiger partial charge on any atom is 0.0603 e. The Hall–Kier alpha value is 0.430. The van der Waals surface area contributed by atoms with Gasteiger partial charge < -0.3 is 5.11 Å². The van der Waals surface area contributed by atoms with Crippen molar-refractivity contribution in [3.8, 4) is 0 Å². The molecular weight excluding hydrogens is 227 g/mol. The van der Waals surface area contributed by atoms with Gasteiger partial charge in [-0.05, 0) is 16.9 Å². The van der Waals surface area contributed by atoms with Crippen LogP contribution in [0.3, 0.4) is 0 Å². The zero-order valence-corrected chi connectivity index (χ0v) is 7.41. The van der Waals surface area contributed by atoms with E-state index in [-0.39, 0.29) is 6.10 Å². The molecule has 2 heteroatoms. The highest BCUT2D eigenvalue weighted by Crippen LogP contribution is 2.26. The molecule has 0 aliphatic heterocycles. The van der Waals surface area contributed by atoms with E-state index in [1.807, 2.05) is 4.08 Å². The molecule has 1 aliphatic carbocycles. The van der Waals surface area contributed by atoms with E-state index < -0.39 is 0 Å². The van der Waals surface area contributed by atoms with Crippen molar-refractivity contribution in [1.29, 1.82) is 0 Å². The zero-order chi connectivity index (χ0) is 6.69. The minimum atomic E-state index is -0.0592. The lowest BCUT2D eigenvalue weighted by Gasteiger charge is -2.06. The number of hydrogen-bond acceptors (Lipinski definition) is 1. The standard InChI is InChI=1S/C7H11IO/c8-5-4-6-2-1-3-7(6)9/h4-7,9H,1-3H2/b5-4+/t6-,7+/m1/s1. The summed E-state index contributed by atoms with van der Waals surface area (Å²) in [6.45, 7) is 0. The van der Waals surface area contributed by atoms with Gasteiger partial charge in [-0.3, -0.25) is 0 Å². The Morgan fingerprint density at radius 2 is 2.22 bits per heavy atom. The van der Waals surface area contributed by atoms with Gasteiger partial charge in [0.2, 0.25) is 0 Å². The van der Waals surface area contributed by atoms with E-state index in [9.17, 15) is 5.11 Å². The van der Waals surface area contributed by atoms with Gasteiger partial charge in [0.05, 0.1) is 6.10 Å². The molecule has 0 aromatic rings. The van der Waals surface area contributed by atoms with Crippen LogP contribution in [0.5, 0.6) is 0 Å². The van der Waals surface area contributed by atoms with Crippen LogP contribution >= 0.6 is 22.6 Å². The molecule has 0 spiro atoms. The largest absolute Gasteiger partial charge is 0.393 e. The van der Waals surface area contributed by atoms with Crippen molar-refractivity contribution in [3.05, 3.63) is 10.2 Å². The molecule has 0 unspecified atom stereocenters. The van der Waals surface area contributed by atoms with Gasteiger partial charge in [-0.2, -0.15) is 0 Å². The van der Waals surface area contributed by atoms with Crippen molar-refractivity contribution in [3.63, 3.8) is 0 Å². The molecule has 2 atom stereocenters. The predicted octanol–water partition coefficient (Wildman–Crippen LogP) is 2.10. The van der Waals surface area contributed by atoms with Crippen LogP contribution in [-0.2, 0) is 0 Å². The Morgan fingerprint density at radius 3 is 2.67 bits per heavy atom. The van der Waals surface area contributed by atoms with Crippen LogP contribution in [0.1, 0.15) is 19.3 Å². The molecule has 0 aromatic heterocycles. The van der Waals surface area contributed by atoms with Crippen LogP contribution in [0.2, 0.25) is 0 Å². The second kappa shape index (κ2) is 3.56. The molecule has 0 aromatic carbocycles. The summed E-state index contributed by atoms with van der Waals surface area (Å²) in [5.74, 6) is 0.446. The van der Waals surface area contributed by atoms with E-state index in [4.69, 9.17) is 0 Å². The summed E-state index contributed by atoms with van der Waals surface area (Å²) in [5.41, 5.74) is 0. The molecule has 1 saturated carbocycles. The highest BCUT2D eigenvalue weighted by atomic mass is 127. The lowest BCUT2D eigenvalue weighted by Crippen LogP contribution is -2.09. The molecule has 0 amide bonds. The smallest absolute Gasteiger partial charge is 0.0603 e. The fourth-order valence-corrected chi connectivity index (χ4v) is 1.82. The average molecular weight is 238 g/mol. The molecule has 0 bridgehead atoms. The van der Waals surface area contributed by atoms with Gasteiger partial charge >= 0.3 is 0 Å². The normalized spacial score (nSPS) is 36.2. The van der Waals surface area contributed by atoms with Crippen LogP contribution in [-0.4, -0.2) is 11.2 Å². The van der Waals surface area contributed by atoms with Gasteiger partial charge in [0.15, 0.2) is 0 Å². The van der Waals surface area contributed by atoms with E-state index in [1.54, 1.807) is 0 Å². The average Bonchev–Trinajstić information content (AvgIpc) is 2.18. The van der Waals surface area contributed by atoms with Gasteiger partial charge in [-0.25, -0.2) is 0 Å². The molecule has 0 heterocycles. The number of hydrogen-bond donors (Lipinski definition) is 1. The van der Waals surface area contributed by atoms with Crippen molar-refractivity contribution >= 4 is 22.6 Å².